The highest BCUT2D eigenvalue weighted by Crippen LogP contribution is 2.55. The van der Waals surface area contributed by atoms with Crippen LogP contribution in [0.1, 0.15) is 37.7 Å². The lowest BCUT2D eigenvalue weighted by atomic mass is 9.63. The van der Waals surface area contributed by atoms with E-state index in [0.29, 0.717) is 13.0 Å². The third-order valence-corrected chi connectivity index (χ3v) is 5.14. The second-order valence-electron chi connectivity index (χ2n) is 6.04. The molecule has 1 saturated carbocycles. The quantitative estimate of drug-likeness (QED) is 0.798. The fourth-order valence-corrected chi connectivity index (χ4v) is 3.62. The van der Waals surface area contributed by atoms with Gasteiger partial charge in [-0.25, -0.2) is 0 Å². The van der Waals surface area contributed by atoms with E-state index in [1.807, 2.05) is 12.1 Å². The van der Waals surface area contributed by atoms with Crippen LogP contribution in [-0.4, -0.2) is 19.7 Å². The van der Waals surface area contributed by atoms with E-state index < -0.39 is 0 Å². The molecule has 2 aliphatic heterocycles. The molecule has 0 amide bonds. The zero-order valence-corrected chi connectivity index (χ0v) is 12.4. The molecule has 2 bridgehead atoms. The minimum atomic E-state index is -0.178. The number of rotatable bonds is 3. The Balaban J connectivity index is 1.76. The molecule has 1 aromatic rings. The summed E-state index contributed by atoms with van der Waals surface area (Å²) in [6.07, 6.45) is 4.44. The van der Waals surface area contributed by atoms with Crippen molar-refractivity contribution in [1.82, 2.24) is 0 Å². The van der Waals surface area contributed by atoms with E-state index >= 15 is 0 Å². The second kappa shape index (κ2) is 5.05. The van der Waals surface area contributed by atoms with Crippen molar-refractivity contribution in [2.45, 2.75) is 37.7 Å². The minimum absolute atomic E-state index is 0.0126. The summed E-state index contributed by atoms with van der Waals surface area (Å²) >= 11 is 5.95. The first-order chi connectivity index (χ1) is 9.57. The predicted molar refractivity (Wildman–Crippen MR) is 76.6 cm³/mol. The average molecular weight is 295 g/mol. The molecule has 1 aromatic carbocycles. The zero-order valence-electron chi connectivity index (χ0n) is 11.7. The van der Waals surface area contributed by atoms with Gasteiger partial charge in [-0.05, 0) is 43.4 Å². The number of methoxy groups -OCH3 is 1. The Morgan fingerprint density at radius 3 is 2.40 bits per heavy atom. The van der Waals surface area contributed by atoms with Gasteiger partial charge in [-0.1, -0.05) is 23.7 Å². The fraction of sp³-hybridized carbons (Fsp3) is 0.562. The van der Waals surface area contributed by atoms with Gasteiger partial charge >= 0.3 is 5.97 Å². The molecule has 0 N–H and O–H groups in total. The van der Waals surface area contributed by atoms with Crippen LogP contribution in [0.5, 0.6) is 0 Å². The van der Waals surface area contributed by atoms with Crippen LogP contribution >= 0.6 is 11.6 Å². The molecule has 1 aliphatic carbocycles. The predicted octanol–water partition coefficient (Wildman–Crippen LogP) is 3.69. The van der Waals surface area contributed by atoms with Gasteiger partial charge in [0.1, 0.15) is 0 Å². The molecule has 3 fully saturated rings. The van der Waals surface area contributed by atoms with Crippen LogP contribution in [0.3, 0.4) is 0 Å². The molecule has 3 aliphatic rings. The monoisotopic (exact) mass is 294 g/mol. The smallest absolute Gasteiger partial charge is 0.306 e. The number of hydrogen-bond acceptors (Lipinski definition) is 3. The third-order valence-electron chi connectivity index (χ3n) is 4.89. The molecule has 0 radical (unpaired) electrons. The van der Waals surface area contributed by atoms with Gasteiger partial charge in [-0.3, -0.25) is 4.79 Å². The normalized spacial score (nSPS) is 32.1. The van der Waals surface area contributed by atoms with Crippen molar-refractivity contribution in [3.63, 3.8) is 0 Å². The van der Waals surface area contributed by atoms with E-state index in [1.165, 1.54) is 12.7 Å². The average Bonchev–Trinajstić information content (AvgIpc) is 2.49. The first-order valence-corrected chi connectivity index (χ1v) is 7.42. The summed E-state index contributed by atoms with van der Waals surface area (Å²) in [6, 6.07) is 7.95. The molecule has 0 aromatic heterocycles. The Morgan fingerprint density at radius 1 is 1.25 bits per heavy atom. The SMILES string of the molecule is COC(=O)CC12CCC(c3ccc(Cl)cc3)(CC1)OC2. The third kappa shape index (κ3) is 2.33. The standard InChI is InChI=1S/C16H19ClO3/c1-19-14(18)10-15-6-8-16(9-7-15,20-11-15)12-2-4-13(17)5-3-12/h2-5H,6-11H2,1H3. The van der Waals surface area contributed by atoms with Crippen LogP contribution in [0.4, 0.5) is 0 Å². The molecule has 4 heteroatoms. The van der Waals surface area contributed by atoms with Gasteiger partial charge in [0, 0.05) is 10.4 Å². The van der Waals surface area contributed by atoms with Crippen molar-refractivity contribution in [3.05, 3.63) is 34.9 Å². The summed E-state index contributed by atoms with van der Waals surface area (Å²) in [5.74, 6) is -0.130. The number of esters is 1. The van der Waals surface area contributed by atoms with Crippen LogP contribution in [0, 0.1) is 5.41 Å². The molecule has 20 heavy (non-hydrogen) atoms. The van der Waals surface area contributed by atoms with Crippen LogP contribution in [0.25, 0.3) is 0 Å². The maximum atomic E-state index is 11.6. The van der Waals surface area contributed by atoms with Gasteiger partial charge < -0.3 is 9.47 Å². The van der Waals surface area contributed by atoms with Gasteiger partial charge in [0.15, 0.2) is 0 Å². The van der Waals surface area contributed by atoms with Gasteiger partial charge in [0.2, 0.25) is 0 Å². The molecule has 108 valence electrons. The van der Waals surface area contributed by atoms with Gasteiger partial charge in [-0.15, -0.1) is 0 Å². The summed E-state index contributed by atoms with van der Waals surface area (Å²) in [4.78, 5) is 11.6. The highest BCUT2D eigenvalue weighted by molar-refractivity contribution is 6.30. The van der Waals surface area contributed by atoms with Crippen molar-refractivity contribution < 1.29 is 14.3 Å². The van der Waals surface area contributed by atoms with E-state index in [1.54, 1.807) is 0 Å². The number of fused-ring (bicyclic) bond motifs is 3. The summed E-state index contributed by atoms with van der Waals surface area (Å²) in [5.41, 5.74) is 1.01. The van der Waals surface area contributed by atoms with Crippen molar-refractivity contribution in [2.24, 2.45) is 5.41 Å². The number of carbonyl (C=O) groups excluding carboxylic acids is 1. The van der Waals surface area contributed by atoms with Crippen LogP contribution < -0.4 is 0 Å². The van der Waals surface area contributed by atoms with Crippen molar-refractivity contribution in [3.8, 4) is 0 Å². The molecular weight excluding hydrogens is 276 g/mol. The van der Waals surface area contributed by atoms with E-state index in [0.717, 1.165) is 30.7 Å². The molecule has 2 heterocycles. The van der Waals surface area contributed by atoms with Gasteiger partial charge in [0.25, 0.3) is 0 Å². The summed E-state index contributed by atoms with van der Waals surface area (Å²) in [6.45, 7) is 0.644. The number of hydrogen-bond donors (Lipinski definition) is 0. The molecule has 0 atom stereocenters. The van der Waals surface area contributed by atoms with E-state index in [-0.39, 0.29) is 17.0 Å². The second-order valence-corrected chi connectivity index (χ2v) is 6.48. The lowest BCUT2D eigenvalue weighted by molar-refractivity contribution is -0.196. The molecule has 2 saturated heterocycles. The Bertz CT molecular complexity index is 484. The number of carbonyl (C=O) groups is 1. The van der Waals surface area contributed by atoms with Crippen molar-refractivity contribution in [1.29, 1.82) is 0 Å². The maximum absolute atomic E-state index is 11.6. The summed E-state index contributed by atoms with van der Waals surface area (Å²) < 4.78 is 11.0. The largest absolute Gasteiger partial charge is 0.469 e. The van der Waals surface area contributed by atoms with Crippen molar-refractivity contribution in [2.75, 3.05) is 13.7 Å². The molecule has 3 nitrogen and oxygen atoms in total. The zero-order chi connectivity index (χ0) is 14.2. The number of ether oxygens (including phenoxy) is 2. The Labute approximate surface area is 124 Å². The Kier molecular flexibility index (Phi) is 3.51. The van der Waals surface area contributed by atoms with Crippen LogP contribution in [-0.2, 0) is 19.9 Å². The Hall–Kier alpha value is -1.06. The molecular formula is C16H19ClO3. The molecule has 0 unspecified atom stereocenters. The minimum Gasteiger partial charge on any atom is -0.469 e. The maximum Gasteiger partial charge on any atom is 0.306 e. The van der Waals surface area contributed by atoms with E-state index in [2.05, 4.69) is 12.1 Å². The van der Waals surface area contributed by atoms with Gasteiger partial charge in [-0.2, -0.15) is 0 Å². The molecule has 0 spiro atoms. The highest BCUT2D eigenvalue weighted by Gasteiger charge is 2.51. The van der Waals surface area contributed by atoms with Crippen molar-refractivity contribution >= 4 is 17.6 Å². The van der Waals surface area contributed by atoms with E-state index in [4.69, 9.17) is 21.1 Å². The first kappa shape index (κ1) is 13.9. The topological polar surface area (TPSA) is 35.5 Å². The van der Waals surface area contributed by atoms with E-state index in [9.17, 15) is 4.79 Å². The molecule has 4 rings (SSSR count). The lowest BCUT2D eigenvalue weighted by Crippen LogP contribution is -2.50. The van der Waals surface area contributed by atoms with Crippen LogP contribution in [0.15, 0.2) is 24.3 Å². The number of benzene rings is 1. The fourth-order valence-electron chi connectivity index (χ4n) is 3.50. The summed E-state index contributed by atoms with van der Waals surface area (Å²) in [5, 5.41) is 0.747. The highest BCUT2D eigenvalue weighted by atomic mass is 35.5. The first-order valence-electron chi connectivity index (χ1n) is 7.04. The van der Waals surface area contributed by atoms with Gasteiger partial charge in [0.05, 0.1) is 25.7 Å². The lowest BCUT2D eigenvalue weighted by Gasteiger charge is -2.53. The number of halogens is 1. The Morgan fingerprint density at radius 2 is 1.90 bits per heavy atom. The van der Waals surface area contributed by atoms with Crippen LogP contribution in [0.2, 0.25) is 5.02 Å². The summed E-state index contributed by atoms with van der Waals surface area (Å²) in [7, 11) is 1.45.